The molecule has 9 heteroatoms. The summed E-state index contributed by atoms with van der Waals surface area (Å²) in [6.07, 6.45) is -3.48. The summed E-state index contributed by atoms with van der Waals surface area (Å²) in [5, 5.41) is 46.1. The van der Waals surface area contributed by atoms with Gasteiger partial charge < -0.3 is 30.0 Å². The van der Waals surface area contributed by atoms with E-state index >= 15 is 0 Å². The van der Waals surface area contributed by atoms with E-state index < -0.39 is 30.2 Å². The number of carboxylic acids is 1. The van der Waals surface area contributed by atoms with Gasteiger partial charge in [-0.15, -0.1) is 22.7 Å². The molecule has 170 valence electrons. The average molecular weight is 505 g/mol. The van der Waals surface area contributed by atoms with Gasteiger partial charge in [-0.3, -0.25) is 0 Å². The maximum absolute atomic E-state index is 12.0. The third-order valence-electron chi connectivity index (χ3n) is 5.95. The van der Waals surface area contributed by atoms with E-state index in [1.54, 1.807) is 0 Å². The quantitative estimate of drug-likeness (QED) is 0.312. The van der Waals surface area contributed by atoms with Crippen LogP contribution in [0.1, 0.15) is 16.2 Å². The minimum Gasteiger partial charge on any atom is -0.547 e. The van der Waals surface area contributed by atoms with Gasteiger partial charge in [-0.2, -0.15) is 0 Å². The summed E-state index contributed by atoms with van der Waals surface area (Å²) >= 11 is 2.99. The van der Waals surface area contributed by atoms with E-state index in [1.807, 2.05) is 60.7 Å². The first-order chi connectivity index (χ1) is 15.8. The molecule has 0 amide bonds. The summed E-state index contributed by atoms with van der Waals surface area (Å²) in [6.45, 7) is 0.0670. The van der Waals surface area contributed by atoms with Crippen LogP contribution in [0.15, 0.2) is 72.0 Å². The van der Waals surface area contributed by atoms with Crippen molar-refractivity contribution in [2.45, 2.75) is 37.3 Å². The van der Waals surface area contributed by atoms with E-state index in [9.17, 15) is 25.2 Å². The summed E-state index contributed by atoms with van der Waals surface area (Å²) in [6, 6.07) is 19.5. The van der Waals surface area contributed by atoms with Crippen LogP contribution >= 0.6 is 22.7 Å². The van der Waals surface area contributed by atoms with E-state index in [4.69, 9.17) is 4.74 Å². The minimum atomic E-state index is -2.45. The van der Waals surface area contributed by atoms with E-state index in [-0.39, 0.29) is 53.9 Å². The molecule has 0 unspecified atom stereocenters. The molecule has 3 atom stereocenters. The Labute approximate surface area is 226 Å². The largest absolute Gasteiger partial charge is 1.00 e. The van der Waals surface area contributed by atoms with E-state index in [0.717, 1.165) is 29.9 Å². The molecule has 2 heterocycles. The fourth-order valence-electron chi connectivity index (χ4n) is 4.26. The molecule has 3 N–H and O–H groups in total. The fourth-order valence-corrected chi connectivity index (χ4v) is 6.32. The summed E-state index contributed by atoms with van der Waals surface area (Å²) in [5.74, 6) is -1.84. The van der Waals surface area contributed by atoms with Gasteiger partial charge in [-0.25, -0.2) is 0 Å². The standard InChI is InChI=1S/C25H22O6S2.Na/c26-19-12-25(30,24(28)29)18(11-16-9-14-5-1-3-7-20(14)32-16)23(22(19)27)31-13-17-10-15-6-2-4-8-21(15)33-17;/h1-10,19,22,26-27,30H,11-13H2,(H,28,29);/q;+1/p-1/t19-,22+,25-;/m1./s1. The Morgan fingerprint density at radius 1 is 1.00 bits per heavy atom. The molecule has 0 spiro atoms. The molecule has 0 bridgehead atoms. The van der Waals surface area contributed by atoms with Gasteiger partial charge >= 0.3 is 29.6 Å². The van der Waals surface area contributed by atoms with Crippen molar-refractivity contribution < 1.29 is 59.5 Å². The van der Waals surface area contributed by atoms with Gasteiger partial charge in [0.25, 0.3) is 0 Å². The van der Waals surface area contributed by atoms with Crippen molar-refractivity contribution in [1.82, 2.24) is 0 Å². The topological polar surface area (TPSA) is 110 Å². The first-order valence-electron chi connectivity index (χ1n) is 10.5. The number of ether oxygens (including phenoxy) is 1. The molecule has 1 aliphatic rings. The SMILES string of the molecule is O=C([O-])[C@@]1(O)C[C@@H](O)[C@H](O)C(OCc2cc3ccccc3s2)=C1Cc1cc2ccccc2s1.[Na+]. The molecule has 0 saturated heterocycles. The smallest absolute Gasteiger partial charge is 0.547 e. The van der Waals surface area contributed by atoms with Crippen LogP contribution in [0.4, 0.5) is 0 Å². The Hall–Kier alpha value is -1.75. The summed E-state index contributed by atoms with van der Waals surface area (Å²) in [4.78, 5) is 13.7. The van der Waals surface area contributed by atoms with Crippen molar-refractivity contribution >= 4 is 48.8 Å². The monoisotopic (exact) mass is 504 g/mol. The summed E-state index contributed by atoms with van der Waals surface area (Å²) in [5.41, 5.74) is -2.45. The number of carbonyl (C=O) groups excluding carboxylic acids is 1. The number of carbonyl (C=O) groups is 1. The van der Waals surface area contributed by atoms with E-state index in [0.29, 0.717) is 0 Å². The molecular weight excluding hydrogens is 483 g/mol. The molecule has 2 aromatic carbocycles. The van der Waals surface area contributed by atoms with Crippen LogP contribution in [0.5, 0.6) is 0 Å². The number of rotatable bonds is 6. The van der Waals surface area contributed by atoms with Crippen LogP contribution < -0.4 is 34.7 Å². The number of benzene rings is 2. The van der Waals surface area contributed by atoms with Crippen molar-refractivity contribution in [1.29, 1.82) is 0 Å². The summed E-state index contributed by atoms with van der Waals surface area (Å²) in [7, 11) is 0. The van der Waals surface area contributed by atoms with Crippen LogP contribution in [0.25, 0.3) is 20.2 Å². The number of aliphatic carboxylic acids is 1. The molecule has 1 aliphatic carbocycles. The first kappa shape index (κ1) is 25.3. The van der Waals surface area contributed by atoms with Crippen molar-refractivity contribution in [3.05, 3.63) is 81.8 Å². The number of fused-ring (bicyclic) bond motifs is 2. The van der Waals surface area contributed by atoms with Gasteiger partial charge in [-0.05, 0) is 35.0 Å². The van der Waals surface area contributed by atoms with Crippen molar-refractivity contribution in [2.75, 3.05) is 0 Å². The Morgan fingerprint density at radius 3 is 2.15 bits per heavy atom. The van der Waals surface area contributed by atoms with Gasteiger partial charge in [0.2, 0.25) is 0 Å². The first-order valence-corrected chi connectivity index (χ1v) is 12.1. The van der Waals surface area contributed by atoms with Gasteiger partial charge in [0.15, 0.2) is 0 Å². The Balaban J connectivity index is 0.00000274. The zero-order chi connectivity index (χ0) is 23.2. The predicted octanol–water partition coefficient (Wildman–Crippen LogP) is -0.260. The number of hydrogen-bond donors (Lipinski definition) is 3. The second-order valence-corrected chi connectivity index (χ2v) is 10.5. The number of aliphatic hydroxyl groups excluding tert-OH is 2. The number of carboxylic acid groups (broad SMARTS) is 1. The third-order valence-corrected chi connectivity index (χ3v) is 8.15. The second-order valence-electron chi connectivity index (χ2n) is 8.17. The Morgan fingerprint density at radius 2 is 1.56 bits per heavy atom. The maximum Gasteiger partial charge on any atom is 1.00 e. The Kier molecular flexibility index (Phi) is 7.52. The Bertz CT molecular complexity index is 1310. The maximum atomic E-state index is 12.0. The predicted molar refractivity (Wildman–Crippen MR) is 126 cm³/mol. The molecule has 0 radical (unpaired) electrons. The van der Waals surface area contributed by atoms with Gasteiger partial charge in [0, 0.05) is 37.6 Å². The van der Waals surface area contributed by atoms with Gasteiger partial charge in [0.1, 0.15) is 24.1 Å². The number of thiophene rings is 2. The second kappa shape index (κ2) is 10.1. The van der Waals surface area contributed by atoms with Gasteiger partial charge in [0.05, 0.1) is 12.1 Å². The van der Waals surface area contributed by atoms with Crippen molar-refractivity contribution in [3.63, 3.8) is 0 Å². The number of hydrogen-bond acceptors (Lipinski definition) is 8. The number of aliphatic hydroxyl groups is 3. The molecule has 0 saturated carbocycles. The molecule has 34 heavy (non-hydrogen) atoms. The van der Waals surface area contributed by atoms with Crippen LogP contribution in [-0.4, -0.2) is 39.1 Å². The normalized spacial score (nSPS) is 22.7. The molecule has 6 nitrogen and oxygen atoms in total. The van der Waals surface area contributed by atoms with Crippen LogP contribution in [0, 0.1) is 0 Å². The zero-order valence-corrected chi connectivity index (χ0v) is 22.1. The fraction of sp³-hybridized carbons (Fsp3) is 0.240. The van der Waals surface area contributed by atoms with Gasteiger partial charge in [-0.1, -0.05) is 36.4 Å². The molecule has 0 aliphatic heterocycles. The summed E-state index contributed by atoms with van der Waals surface area (Å²) < 4.78 is 8.02. The van der Waals surface area contributed by atoms with E-state index in [1.165, 1.54) is 22.7 Å². The molecule has 0 fully saturated rings. The van der Waals surface area contributed by atoms with Crippen LogP contribution in [0.3, 0.4) is 0 Å². The molecule has 2 aromatic heterocycles. The average Bonchev–Trinajstić information content (AvgIpc) is 3.40. The van der Waals surface area contributed by atoms with Crippen molar-refractivity contribution in [2.24, 2.45) is 0 Å². The molecule has 5 rings (SSSR count). The van der Waals surface area contributed by atoms with E-state index in [2.05, 4.69) is 0 Å². The van der Waals surface area contributed by atoms with Crippen LogP contribution in [-0.2, 0) is 22.6 Å². The third kappa shape index (κ3) is 4.69. The zero-order valence-electron chi connectivity index (χ0n) is 18.4. The van der Waals surface area contributed by atoms with Crippen molar-refractivity contribution in [3.8, 4) is 0 Å². The van der Waals surface area contributed by atoms with Crippen LogP contribution in [0.2, 0.25) is 0 Å². The molecule has 4 aromatic rings. The molecular formula is C25H21NaO6S2. The minimum absolute atomic E-state index is 0.